The maximum atomic E-state index is 3.40. The van der Waals surface area contributed by atoms with E-state index in [-0.39, 0.29) is 0 Å². The molecule has 0 saturated heterocycles. The van der Waals surface area contributed by atoms with Crippen LogP contribution in [-0.4, -0.2) is 4.98 Å². The second-order valence-electron chi connectivity index (χ2n) is 2.47. The summed E-state index contributed by atoms with van der Waals surface area (Å²) in [7, 11) is 0. The van der Waals surface area contributed by atoms with Gasteiger partial charge in [0.25, 0.3) is 0 Å². The molecule has 1 aliphatic rings. The summed E-state index contributed by atoms with van der Waals surface area (Å²) in [6.07, 6.45) is 3.83. The maximum absolute atomic E-state index is 3.40. The van der Waals surface area contributed by atoms with E-state index < -0.39 is 0 Å². The van der Waals surface area contributed by atoms with Gasteiger partial charge in [0.05, 0.1) is 4.60 Å². The summed E-state index contributed by atoms with van der Waals surface area (Å²) in [4.78, 5) is 3.27. The highest BCUT2D eigenvalue weighted by atomic mass is 79.9. The minimum absolute atomic E-state index is 1.13. The summed E-state index contributed by atoms with van der Waals surface area (Å²) in [6, 6.07) is 2.18. The lowest BCUT2D eigenvalue weighted by Crippen LogP contribution is -1.75. The van der Waals surface area contributed by atoms with Gasteiger partial charge >= 0.3 is 0 Å². The molecule has 0 radical (unpaired) electrons. The standard InChI is InChI=1S/C7H8BrN/c8-7-4-5-2-1-3-6(5)9-7/h4,9H,1-3H2. The SMILES string of the molecule is Brc1cc2c([nH]1)CCC2. The van der Waals surface area contributed by atoms with Crippen LogP contribution in [0.25, 0.3) is 0 Å². The summed E-state index contributed by atoms with van der Waals surface area (Å²) in [6.45, 7) is 0. The van der Waals surface area contributed by atoms with Gasteiger partial charge < -0.3 is 4.98 Å². The first-order chi connectivity index (χ1) is 4.36. The van der Waals surface area contributed by atoms with Crippen molar-refractivity contribution in [3.63, 3.8) is 0 Å². The fourth-order valence-corrected chi connectivity index (χ4v) is 1.92. The van der Waals surface area contributed by atoms with Gasteiger partial charge in [-0.25, -0.2) is 0 Å². The molecule has 0 atom stereocenters. The number of fused-ring (bicyclic) bond motifs is 1. The van der Waals surface area contributed by atoms with Crippen LogP contribution < -0.4 is 0 Å². The van der Waals surface area contributed by atoms with E-state index in [0.29, 0.717) is 0 Å². The Balaban J connectivity index is 2.51. The van der Waals surface area contributed by atoms with E-state index in [4.69, 9.17) is 0 Å². The summed E-state index contributed by atoms with van der Waals surface area (Å²) in [5, 5.41) is 0. The molecule has 2 rings (SSSR count). The van der Waals surface area contributed by atoms with Crippen LogP contribution in [-0.2, 0) is 12.8 Å². The van der Waals surface area contributed by atoms with E-state index in [1.54, 1.807) is 0 Å². The Kier molecular flexibility index (Phi) is 1.15. The first-order valence-electron chi connectivity index (χ1n) is 3.22. The molecule has 1 aromatic rings. The number of aromatic amines is 1. The van der Waals surface area contributed by atoms with Gasteiger partial charge in [0.2, 0.25) is 0 Å². The van der Waals surface area contributed by atoms with Crippen molar-refractivity contribution in [2.24, 2.45) is 0 Å². The molecule has 9 heavy (non-hydrogen) atoms. The molecule has 1 N–H and O–H groups in total. The normalized spacial score (nSPS) is 16.1. The molecule has 0 spiro atoms. The van der Waals surface area contributed by atoms with Crippen LogP contribution in [0.5, 0.6) is 0 Å². The Morgan fingerprint density at radius 2 is 2.33 bits per heavy atom. The molecular weight excluding hydrogens is 178 g/mol. The van der Waals surface area contributed by atoms with Gasteiger partial charge in [-0.05, 0) is 46.8 Å². The minimum Gasteiger partial charge on any atom is -0.353 e. The molecule has 1 aliphatic carbocycles. The molecule has 1 aromatic heterocycles. The van der Waals surface area contributed by atoms with Gasteiger partial charge in [-0.15, -0.1) is 0 Å². The molecule has 2 heteroatoms. The maximum Gasteiger partial charge on any atom is 0.0825 e. The first-order valence-corrected chi connectivity index (χ1v) is 4.02. The van der Waals surface area contributed by atoms with Gasteiger partial charge in [0.1, 0.15) is 0 Å². The van der Waals surface area contributed by atoms with E-state index in [1.807, 2.05) is 0 Å². The minimum atomic E-state index is 1.13. The third-order valence-electron chi connectivity index (χ3n) is 1.83. The number of halogens is 1. The smallest absolute Gasteiger partial charge is 0.0825 e. The van der Waals surface area contributed by atoms with Crippen molar-refractivity contribution in [1.29, 1.82) is 0 Å². The summed E-state index contributed by atoms with van der Waals surface area (Å²) >= 11 is 3.40. The molecule has 1 nitrogen and oxygen atoms in total. The molecule has 0 aromatic carbocycles. The Bertz CT molecular complexity index is 205. The zero-order chi connectivity index (χ0) is 6.27. The van der Waals surface area contributed by atoms with Crippen molar-refractivity contribution in [2.75, 3.05) is 0 Å². The fourth-order valence-electron chi connectivity index (χ4n) is 1.40. The fraction of sp³-hybridized carbons (Fsp3) is 0.429. The first kappa shape index (κ1) is 5.54. The van der Waals surface area contributed by atoms with Crippen molar-refractivity contribution in [3.8, 4) is 0 Å². The van der Waals surface area contributed by atoms with Crippen LogP contribution in [0, 0.1) is 0 Å². The number of aromatic nitrogens is 1. The van der Waals surface area contributed by atoms with E-state index in [1.165, 1.54) is 30.5 Å². The topological polar surface area (TPSA) is 15.8 Å². The van der Waals surface area contributed by atoms with E-state index in [9.17, 15) is 0 Å². The van der Waals surface area contributed by atoms with Crippen molar-refractivity contribution in [3.05, 3.63) is 21.9 Å². The van der Waals surface area contributed by atoms with Crippen LogP contribution in [0.2, 0.25) is 0 Å². The zero-order valence-electron chi connectivity index (χ0n) is 5.08. The summed E-state index contributed by atoms with van der Waals surface area (Å²) in [5.41, 5.74) is 2.93. The van der Waals surface area contributed by atoms with Gasteiger partial charge in [-0.3, -0.25) is 0 Å². The number of hydrogen-bond donors (Lipinski definition) is 1. The Morgan fingerprint density at radius 1 is 1.44 bits per heavy atom. The van der Waals surface area contributed by atoms with Gasteiger partial charge in [0, 0.05) is 5.69 Å². The number of nitrogens with one attached hydrogen (secondary N) is 1. The highest BCUT2D eigenvalue weighted by Crippen LogP contribution is 2.24. The lowest BCUT2D eigenvalue weighted by atomic mass is 10.3. The van der Waals surface area contributed by atoms with Crippen LogP contribution >= 0.6 is 15.9 Å². The van der Waals surface area contributed by atoms with Gasteiger partial charge in [0.15, 0.2) is 0 Å². The van der Waals surface area contributed by atoms with E-state index in [0.717, 1.165) is 4.60 Å². The summed E-state index contributed by atoms with van der Waals surface area (Å²) < 4.78 is 1.13. The van der Waals surface area contributed by atoms with Crippen molar-refractivity contribution in [1.82, 2.24) is 4.98 Å². The largest absolute Gasteiger partial charge is 0.353 e. The molecule has 0 fully saturated rings. The van der Waals surface area contributed by atoms with Crippen molar-refractivity contribution in [2.45, 2.75) is 19.3 Å². The Labute approximate surface area is 62.6 Å². The van der Waals surface area contributed by atoms with Crippen LogP contribution in [0.1, 0.15) is 17.7 Å². The highest BCUT2D eigenvalue weighted by Gasteiger charge is 2.12. The third-order valence-corrected chi connectivity index (χ3v) is 2.26. The molecule has 1 heterocycles. The zero-order valence-corrected chi connectivity index (χ0v) is 6.66. The second-order valence-corrected chi connectivity index (χ2v) is 3.33. The number of hydrogen-bond acceptors (Lipinski definition) is 0. The molecule has 48 valence electrons. The second kappa shape index (κ2) is 1.87. The quantitative estimate of drug-likeness (QED) is 0.639. The van der Waals surface area contributed by atoms with Crippen LogP contribution in [0.3, 0.4) is 0 Å². The summed E-state index contributed by atoms with van der Waals surface area (Å²) in [5.74, 6) is 0. The number of rotatable bonds is 0. The number of aryl methyl sites for hydroxylation is 2. The lowest BCUT2D eigenvalue weighted by molar-refractivity contribution is 0.890. The Morgan fingerprint density at radius 3 is 3.11 bits per heavy atom. The predicted molar refractivity (Wildman–Crippen MR) is 40.5 cm³/mol. The Hall–Kier alpha value is -0.240. The van der Waals surface area contributed by atoms with Gasteiger partial charge in [-0.1, -0.05) is 0 Å². The molecule has 0 amide bonds. The molecular formula is C7H8BrN. The van der Waals surface area contributed by atoms with E-state index >= 15 is 0 Å². The molecule has 0 unspecified atom stereocenters. The monoisotopic (exact) mass is 185 g/mol. The van der Waals surface area contributed by atoms with Crippen molar-refractivity contribution < 1.29 is 0 Å². The highest BCUT2D eigenvalue weighted by molar-refractivity contribution is 9.10. The number of H-pyrrole nitrogens is 1. The average Bonchev–Trinajstić information content (AvgIpc) is 2.22. The van der Waals surface area contributed by atoms with E-state index in [2.05, 4.69) is 27.0 Å². The molecule has 0 aliphatic heterocycles. The predicted octanol–water partition coefficient (Wildman–Crippen LogP) is 2.27. The van der Waals surface area contributed by atoms with Crippen molar-refractivity contribution >= 4 is 15.9 Å². The third kappa shape index (κ3) is 0.816. The van der Waals surface area contributed by atoms with Gasteiger partial charge in [-0.2, -0.15) is 0 Å². The molecule has 0 saturated carbocycles. The average molecular weight is 186 g/mol. The molecule has 0 bridgehead atoms. The lowest BCUT2D eigenvalue weighted by Gasteiger charge is -1.83. The van der Waals surface area contributed by atoms with Crippen LogP contribution in [0.4, 0.5) is 0 Å². The van der Waals surface area contributed by atoms with Crippen LogP contribution in [0.15, 0.2) is 10.7 Å².